The number of para-hydroxylation sites is 1. The maximum absolute atomic E-state index is 12.0. The molecule has 0 atom stereocenters. The fraction of sp³-hybridized carbons (Fsp3) is 0.150. The molecule has 1 N–H and O–H groups in total. The van der Waals surface area contributed by atoms with Crippen LogP contribution >= 0.6 is 11.3 Å². The normalized spacial score (nSPS) is 10.4. The van der Waals surface area contributed by atoms with Gasteiger partial charge in [0.1, 0.15) is 5.56 Å². The molecule has 3 aromatic rings. The van der Waals surface area contributed by atoms with Crippen LogP contribution in [0.2, 0.25) is 0 Å². The number of amides is 1. The number of nitrogens with one attached hydrogen (secondary N) is 1. The molecule has 29 heavy (non-hydrogen) atoms. The minimum absolute atomic E-state index is 0.211. The zero-order valence-corrected chi connectivity index (χ0v) is 16.3. The molecule has 1 aromatic heterocycles. The van der Waals surface area contributed by atoms with E-state index < -0.39 is 23.4 Å². The number of hydrogen-bond donors (Lipinski definition) is 1. The van der Waals surface area contributed by atoms with Gasteiger partial charge in [0.15, 0.2) is 11.7 Å². The van der Waals surface area contributed by atoms with Gasteiger partial charge in [0.25, 0.3) is 11.6 Å². The molecule has 0 spiro atoms. The molecule has 1 heterocycles. The SMILES string of the molecule is CCc1ccc(-c2csc(NC(=O)COC(=O)c3ccccc3[N+](=O)[O-])n2)cc1. The Morgan fingerprint density at radius 3 is 2.59 bits per heavy atom. The highest BCUT2D eigenvalue weighted by atomic mass is 32.1. The molecule has 0 saturated carbocycles. The van der Waals surface area contributed by atoms with Crippen LogP contribution < -0.4 is 5.32 Å². The molecule has 0 unspecified atom stereocenters. The fourth-order valence-corrected chi connectivity index (χ4v) is 3.28. The van der Waals surface area contributed by atoms with Gasteiger partial charge in [-0.25, -0.2) is 9.78 Å². The van der Waals surface area contributed by atoms with Crippen LogP contribution in [0.25, 0.3) is 11.3 Å². The zero-order valence-electron chi connectivity index (χ0n) is 15.5. The van der Waals surface area contributed by atoms with Crippen LogP contribution in [0.3, 0.4) is 0 Å². The van der Waals surface area contributed by atoms with Crippen molar-refractivity contribution in [3.63, 3.8) is 0 Å². The highest BCUT2D eigenvalue weighted by molar-refractivity contribution is 7.14. The molecule has 0 aliphatic heterocycles. The molecule has 3 rings (SSSR count). The average molecular weight is 411 g/mol. The number of esters is 1. The van der Waals surface area contributed by atoms with Gasteiger partial charge in [0, 0.05) is 17.0 Å². The molecular formula is C20H17N3O5S. The van der Waals surface area contributed by atoms with E-state index in [0.29, 0.717) is 5.13 Å². The summed E-state index contributed by atoms with van der Waals surface area (Å²) in [4.78, 5) is 38.7. The van der Waals surface area contributed by atoms with E-state index in [1.54, 1.807) is 0 Å². The number of nitro benzene ring substituents is 1. The number of anilines is 1. The number of benzene rings is 2. The van der Waals surface area contributed by atoms with Crippen LogP contribution in [0.15, 0.2) is 53.9 Å². The molecular weight excluding hydrogens is 394 g/mol. The Bertz CT molecular complexity index is 1050. The second kappa shape index (κ2) is 9.07. The zero-order chi connectivity index (χ0) is 20.8. The summed E-state index contributed by atoms with van der Waals surface area (Å²) in [7, 11) is 0. The second-order valence-electron chi connectivity index (χ2n) is 5.99. The first kappa shape index (κ1) is 20.2. The Morgan fingerprint density at radius 1 is 1.17 bits per heavy atom. The van der Waals surface area contributed by atoms with Gasteiger partial charge < -0.3 is 4.74 Å². The van der Waals surface area contributed by atoms with Crippen LogP contribution in [0.1, 0.15) is 22.8 Å². The number of aromatic nitrogens is 1. The van der Waals surface area contributed by atoms with Crippen molar-refractivity contribution in [1.82, 2.24) is 4.98 Å². The molecule has 0 fully saturated rings. The molecule has 2 aromatic carbocycles. The smallest absolute Gasteiger partial charge is 0.345 e. The molecule has 1 amide bonds. The Labute approximate surface area is 170 Å². The lowest BCUT2D eigenvalue weighted by Crippen LogP contribution is -2.21. The number of nitrogens with zero attached hydrogens (tertiary/aromatic N) is 2. The molecule has 0 saturated heterocycles. The summed E-state index contributed by atoms with van der Waals surface area (Å²) in [6.45, 7) is 1.50. The molecule has 0 bridgehead atoms. The summed E-state index contributed by atoms with van der Waals surface area (Å²) >= 11 is 1.25. The average Bonchev–Trinajstić information content (AvgIpc) is 3.20. The largest absolute Gasteiger partial charge is 0.452 e. The predicted molar refractivity (Wildman–Crippen MR) is 109 cm³/mol. The van der Waals surface area contributed by atoms with Gasteiger partial charge in [-0.1, -0.05) is 43.3 Å². The number of rotatable bonds is 7. The van der Waals surface area contributed by atoms with Gasteiger partial charge >= 0.3 is 5.97 Å². The summed E-state index contributed by atoms with van der Waals surface area (Å²) in [5.41, 5.74) is 2.29. The molecule has 0 radical (unpaired) electrons. The van der Waals surface area contributed by atoms with Crippen LogP contribution in [0.5, 0.6) is 0 Å². The fourth-order valence-electron chi connectivity index (χ4n) is 2.54. The van der Waals surface area contributed by atoms with Crippen molar-refractivity contribution in [3.8, 4) is 11.3 Å². The number of carbonyl (C=O) groups excluding carboxylic acids is 2. The number of carbonyl (C=O) groups is 2. The third-order valence-corrected chi connectivity index (χ3v) is 4.82. The van der Waals surface area contributed by atoms with Gasteiger partial charge in [-0.15, -0.1) is 11.3 Å². The maximum atomic E-state index is 12.0. The van der Waals surface area contributed by atoms with Crippen LogP contribution in [0, 0.1) is 10.1 Å². The van der Waals surface area contributed by atoms with E-state index in [2.05, 4.69) is 17.2 Å². The first-order chi connectivity index (χ1) is 14.0. The summed E-state index contributed by atoms with van der Waals surface area (Å²) in [6.07, 6.45) is 0.948. The third kappa shape index (κ3) is 5.02. The topological polar surface area (TPSA) is 111 Å². The minimum atomic E-state index is -0.941. The van der Waals surface area contributed by atoms with E-state index in [0.717, 1.165) is 17.7 Å². The number of hydrogen-bond acceptors (Lipinski definition) is 7. The number of aryl methyl sites for hydroxylation is 1. The monoisotopic (exact) mass is 411 g/mol. The molecule has 0 aliphatic rings. The lowest BCUT2D eigenvalue weighted by molar-refractivity contribution is -0.385. The second-order valence-corrected chi connectivity index (χ2v) is 6.85. The van der Waals surface area contributed by atoms with E-state index in [1.165, 1.54) is 41.2 Å². The van der Waals surface area contributed by atoms with Crippen molar-refractivity contribution in [1.29, 1.82) is 0 Å². The van der Waals surface area contributed by atoms with E-state index in [1.807, 2.05) is 29.6 Å². The van der Waals surface area contributed by atoms with Crippen molar-refractivity contribution < 1.29 is 19.2 Å². The van der Waals surface area contributed by atoms with Crippen LogP contribution in [-0.4, -0.2) is 28.4 Å². The van der Waals surface area contributed by atoms with Gasteiger partial charge in [0.2, 0.25) is 0 Å². The Morgan fingerprint density at radius 2 is 1.90 bits per heavy atom. The highest BCUT2D eigenvalue weighted by Crippen LogP contribution is 2.25. The highest BCUT2D eigenvalue weighted by Gasteiger charge is 2.21. The van der Waals surface area contributed by atoms with Crippen molar-refractivity contribution in [2.75, 3.05) is 11.9 Å². The standard InChI is InChI=1S/C20H17N3O5S/c1-2-13-7-9-14(10-8-13)16-12-29-20(21-16)22-18(24)11-28-19(25)15-5-3-4-6-17(15)23(26)27/h3-10,12H,2,11H2,1H3,(H,21,22,24). The van der Waals surface area contributed by atoms with Gasteiger partial charge in [0.05, 0.1) is 10.6 Å². The van der Waals surface area contributed by atoms with Crippen molar-refractivity contribution in [2.45, 2.75) is 13.3 Å². The first-order valence-corrected chi connectivity index (χ1v) is 9.61. The van der Waals surface area contributed by atoms with Crippen molar-refractivity contribution in [2.24, 2.45) is 0 Å². The first-order valence-electron chi connectivity index (χ1n) is 8.73. The summed E-state index contributed by atoms with van der Waals surface area (Å²) in [6, 6.07) is 13.4. The molecule has 9 heteroatoms. The van der Waals surface area contributed by atoms with E-state index in [9.17, 15) is 19.7 Å². The summed E-state index contributed by atoms with van der Waals surface area (Å²) in [5.74, 6) is -1.53. The Hall–Kier alpha value is -3.59. The van der Waals surface area contributed by atoms with E-state index in [-0.39, 0.29) is 11.3 Å². The number of nitro groups is 1. The van der Waals surface area contributed by atoms with E-state index in [4.69, 9.17) is 4.74 Å². The van der Waals surface area contributed by atoms with E-state index >= 15 is 0 Å². The predicted octanol–water partition coefficient (Wildman–Crippen LogP) is 4.08. The van der Waals surface area contributed by atoms with Crippen LogP contribution in [-0.2, 0) is 16.0 Å². The van der Waals surface area contributed by atoms with Gasteiger partial charge in [-0.2, -0.15) is 0 Å². The Balaban J connectivity index is 1.58. The lowest BCUT2D eigenvalue weighted by atomic mass is 10.1. The Kier molecular flexibility index (Phi) is 6.30. The molecule has 148 valence electrons. The number of thiazole rings is 1. The third-order valence-electron chi connectivity index (χ3n) is 4.06. The van der Waals surface area contributed by atoms with Crippen molar-refractivity contribution >= 4 is 34.0 Å². The maximum Gasteiger partial charge on any atom is 0.345 e. The van der Waals surface area contributed by atoms with Crippen molar-refractivity contribution in [3.05, 3.63) is 75.2 Å². The van der Waals surface area contributed by atoms with Crippen LogP contribution in [0.4, 0.5) is 10.8 Å². The quantitative estimate of drug-likeness (QED) is 0.356. The molecule has 8 nitrogen and oxygen atoms in total. The molecule has 0 aliphatic carbocycles. The minimum Gasteiger partial charge on any atom is -0.452 e. The number of ether oxygens (including phenoxy) is 1. The van der Waals surface area contributed by atoms with Gasteiger partial charge in [-0.05, 0) is 18.1 Å². The van der Waals surface area contributed by atoms with Gasteiger partial charge in [-0.3, -0.25) is 20.2 Å². The summed E-state index contributed by atoms with van der Waals surface area (Å²) in [5, 5.41) is 15.7. The summed E-state index contributed by atoms with van der Waals surface area (Å²) < 4.78 is 4.89. The lowest BCUT2D eigenvalue weighted by Gasteiger charge is -2.05.